The number of halogens is 1. The molecule has 0 amide bonds. The molecule has 4 heteroatoms. The Morgan fingerprint density at radius 3 is 2.58 bits per heavy atom. The molecule has 0 aromatic carbocycles. The Labute approximate surface area is 126 Å². The molecular weight excluding hydrogens is 302 g/mol. The van der Waals surface area contributed by atoms with Crippen LogP contribution in [-0.4, -0.2) is 33.1 Å². The Kier molecular flexibility index (Phi) is 8.38. The second-order valence-electron chi connectivity index (χ2n) is 5.08. The number of alkyl halides is 1. The quantitative estimate of drug-likeness (QED) is 0.598. The minimum Gasteiger partial charge on any atom is -0.297 e. The van der Waals surface area contributed by atoms with Gasteiger partial charge in [0.1, 0.15) is 0 Å². The van der Waals surface area contributed by atoms with Crippen molar-refractivity contribution in [2.75, 3.05) is 18.4 Å². The van der Waals surface area contributed by atoms with Crippen LogP contribution in [0.4, 0.5) is 0 Å². The van der Waals surface area contributed by atoms with Crippen LogP contribution in [0.25, 0.3) is 0 Å². The molecule has 0 saturated heterocycles. The summed E-state index contributed by atoms with van der Waals surface area (Å²) in [6.45, 7) is 9.94. The van der Waals surface area contributed by atoms with Crippen molar-refractivity contribution in [1.82, 2.24) is 14.7 Å². The Hall–Kier alpha value is -0.350. The molecule has 110 valence electrons. The molecule has 0 bridgehead atoms. The van der Waals surface area contributed by atoms with E-state index in [2.05, 4.69) is 58.5 Å². The number of hydrogen-bond acceptors (Lipinski definition) is 2. The van der Waals surface area contributed by atoms with Gasteiger partial charge in [0.05, 0.1) is 11.7 Å². The molecule has 1 heterocycles. The maximum atomic E-state index is 4.74. The smallest absolute Gasteiger partial charge is 0.0764 e. The predicted molar refractivity (Wildman–Crippen MR) is 85.8 cm³/mol. The predicted octanol–water partition coefficient (Wildman–Crippen LogP) is 4.24. The average Bonchev–Trinajstić information content (AvgIpc) is 2.86. The van der Waals surface area contributed by atoms with Crippen molar-refractivity contribution in [3.8, 4) is 0 Å². The molecule has 0 spiro atoms. The number of unbranched alkanes of at least 4 members (excludes halogenated alkanes) is 1. The van der Waals surface area contributed by atoms with Gasteiger partial charge in [0, 0.05) is 24.6 Å². The topological polar surface area (TPSA) is 21.1 Å². The summed E-state index contributed by atoms with van der Waals surface area (Å²) >= 11 is 3.54. The lowest BCUT2D eigenvalue weighted by Crippen LogP contribution is -2.26. The molecule has 19 heavy (non-hydrogen) atoms. The first-order chi connectivity index (χ1) is 9.24. The zero-order chi connectivity index (χ0) is 14.1. The van der Waals surface area contributed by atoms with Crippen LogP contribution in [0.1, 0.15) is 58.2 Å². The summed E-state index contributed by atoms with van der Waals surface area (Å²) in [6, 6.07) is 2.72. The maximum Gasteiger partial charge on any atom is 0.0764 e. The van der Waals surface area contributed by atoms with Gasteiger partial charge in [-0.1, -0.05) is 43.1 Å². The van der Waals surface area contributed by atoms with Crippen LogP contribution in [0.2, 0.25) is 0 Å². The number of rotatable bonds is 10. The van der Waals surface area contributed by atoms with Crippen molar-refractivity contribution < 1.29 is 0 Å². The summed E-state index contributed by atoms with van der Waals surface area (Å²) in [5.41, 5.74) is 1.20. The van der Waals surface area contributed by atoms with Gasteiger partial charge < -0.3 is 0 Å². The fraction of sp³-hybridized carbons (Fsp3) is 0.800. The summed E-state index contributed by atoms with van der Waals surface area (Å²) in [6.07, 6.45) is 6.96. The second kappa shape index (κ2) is 9.54. The molecule has 1 aromatic heterocycles. The number of nitrogens with zero attached hydrogens (tertiary/aromatic N) is 3. The molecule has 0 N–H and O–H groups in total. The van der Waals surface area contributed by atoms with Crippen LogP contribution < -0.4 is 0 Å². The van der Waals surface area contributed by atoms with Crippen molar-refractivity contribution >= 4 is 15.9 Å². The van der Waals surface area contributed by atoms with Gasteiger partial charge in [-0.2, -0.15) is 5.10 Å². The minimum absolute atomic E-state index is 0.550. The molecule has 0 aliphatic carbocycles. The van der Waals surface area contributed by atoms with E-state index in [0.717, 1.165) is 31.3 Å². The second-order valence-corrected chi connectivity index (χ2v) is 5.87. The van der Waals surface area contributed by atoms with E-state index < -0.39 is 0 Å². The highest BCUT2D eigenvalue weighted by Crippen LogP contribution is 2.15. The molecule has 1 rings (SSSR count). The molecule has 1 aromatic rings. The lowest BCUT2D eigenvalue weighted by Gasteiger charge is -2.20. The summed E-state index contributed by atoms with van der Waals surface area (Å²) in [5.74, 6) is 0. The van der Waals surface area contributed by atoms with Crippen molar-refractivity contribution in [3.63, 3.8) is 0 Å². The lowest BCUT2D eigenvalue weighted by atomic mass is 10.2. The van der Waals surface area contributed by atoms with Crippen LogP contribution in [0.3, 0.4) is 0 Å². The number of hydrogen-bond donors (Lipinski definition) is 0. The molecule has 0 aliphatic rings. The minimum atomic E-state index is 0.550. The van der Waals surface area contributed by atoms with E-state index in [1.165, 1.54) is 25.1 Å². The molecule has 0 radical (unpaired) electrons. The molecular formula is C15H28BrN3. The highest BCUT2D eigenvalue weighted by atomic mass is 79.9. The third-order valence-corrected chi connectivity index (χ3v) is 3.95. The van der Waals surface area contributed by atoms with E-state index in [4.69, 9.17) is 5.10 Å². The Balaban J connectivity index is 2.58. The van der Waals surface area contributed by atoms with Gasteiger partial charge in [0.15, 0.2) is 0 Å². The van der Waals surface area contributed by atoms with Crippen LogP contribution in [0.15, 0.2) is 12.3 Å². The van der Waals surface area contributed by atoms with E-state index in [9.17, 15) is 0 Å². The largest absolute Gasteiger partial charge is 0.297 e. The van der Waals surface area contributed by atoms with Gasteiger partial charge in [-0.25, -0.2) is 0 Å². The van der Waals surface area contributed by atoms with Gasteiger partial charge in [-0.15, -0.1) is 0 Å². The Morgan fingerprint density at radius 1 is 1.26 bits per heavy atom. The Bertz CT molecular complexity index is 334. The first-order valence-electron chi connectivity index (χ1n) is 7.57. The van der Waals surface area contributed by atoms with Crippen molar-refractivity contribution in [2.45, 2.75) is 59.0 Å². The highest BCUT2D eigenvalue weighted by Gasteiger charge is 2.10. The van der Waals surface area contributed by atoms with Crippen LogP contribution in [-0.2, 0) is 6.54 Å². The fourth-order valence-corrected chi connectivity index (χ4v) is 2.83. The first kappa shape index (κ1) is 16.7. The van der Waals surface area contributed by atoms with Gasteiger partial charge in [0.2, 0.25) is 0 Å². The van der Waals surface area contributed by atoms with E-state index >= 15 is 0 Å². The maximum absolute atomic E-state index is 4.74. The van der Waals surface area contributed by atoms with E-state index in [-0.39, 0.29) is 0 Å². The molecule has 0 saturated carbocycles. The normalized spacial score (nSPS) is 11.7. The summed E-state index contributed by atoms with van der Waals surface area (Å²) < 4.78 is 2.14. The zero-order valence-corrected chi connectivity index (χ0v) is 14.2. The van der Waals surface area contributed by atoms with E-state index in [0.29, 0.717) is 6.04 Å². The van der Waals surface area contributed by atoms with Gasteiger partial charge in [-0.3, -0.25) is 9.58 Å². The zero-order valence-electron chi connectivity index (χ0n) is 12.6. The lowest BCUT2D eigenvalue weighted by molar-refractivity contribution is 0.273. The van der Waals surface area contributed by atoms with Crippen LogP contribution in [0.5, 0.6) is 0 Å². The molecule has 0 aliphatic heterocycles. The number of aromatic nitrogens is 2. The highest BCUT2D eigenvalue weighted by molar-refractivity contribution is 9.09. The third kappa shape index (κ3) is 5.65. The van der Waals surface area contributed by atoms with E-state index in [1.807, 2.05) is 0 Å². The molecule has 0 fully saturated rings. The summed E-state index contributed by atoms with van der Waals surface area (Å²) in [7, 11) is 0. The van der Waals surface area contributed by atoms with Gasteiger partial charge in [0.25, 0.3) is 0 Å². The molecule has 0 unspecified atom stereocenters. The molecule has 3 nitrogen and oxygen atoms in total. The van der Waals surface area contributed by atoms with Crippen LogP contribution in [0, 0.1) is 0 Å². The van der Waals surface area contributed by atoms with Crippen molar-refractivity contribution in [1.29, 1.82) is 0 Å². The Morgan fingerprint density at radius 2 is 2.00 bits per heavy atom. The van der Waals surface area contributed by atoms with Gasteiger partial charge >= 0.3 is 0 Å². The average molecular weight is 330 g/mol. The SMILES string of the molecule is CCCCN(CCBr)Cc1ccn(C(CC)CC)n1. The van der Waals surface area contributed by atoms with Crippen molar-refractivity contribution in [2.24, 2.45) is 0 Å². The van der Waals surface area contributed by atoms with Crippen molar-refractivity contribution in [3.05, 3.63) is 18.0 Å². The summed E-state index contributed by atoms with van der Waals surface area (Å²) in [4.78, 5) is 2.48. The fourth-order valence-electron chi connectivity index (χ4n) is 2.33. The molecule has 0 atom stereocenters. The van der Waals surface area contributed by atoms with Gasteiger partial charge in [-0.05, 0) is 31.9 Å². The monoisotopic (exact) mass is 329 g/mol. The first-order valence-corrected chi connectivity index (χ1v) is 8.69. The van der Waals surface area contributed by atoms with E-state index in [1.54, 1.807) is 0 Å². The third-order valence-electron chi connectivity index (χ3n) is 3.59. The standard InChI is InChI=1S/C15H28BrN3/c1-4-7-10-18(12-9-16)13-14-8-11-19(17-14)15(5-2)6-3/h8,11,15H,4-7,9-10,12-13H2,1-3H3. The summed E-state index contributed by atoms with van der Waals surface area (Å²) in [5, 5.41) is 5.77. The van der Waals surface area contributed by atoms with Crippen LogP contribution >= 0.6 is 15.9 Å².